The third-order valence-corrected chi connectivity index (χ3v) is 2.57. The molecular weight excluding hydrogens is 361 g/mol. The molecule has 2 aromatic rings. The highest BCUT2D eigenvalue weighted by atomic mass is 127. The van der Waals surface area contributed by atoms with Crippen LogP contribution in [0.1, 0.15) is 11.1 Å². The van der Waals surface area contributed by atoms with Gasteiger partial charge in [0.15, 0.2) is 0 Å². The number of pyridine rings is 1. The van der Waals surface area contributed by atoms with Crippen LogP contribution in [0.15, 0.2) is 53.8 Å². The third kappa shape index (κ3) is 4.27. The summed E-state index contributed by atoms with van der Waals surface area (Å²) in [6.45, 7) is 0.553. The highest BCUT2D eigenvalue weighted by Crippen LogP contribution is 2.09. The zero-order chi connectivity index (χ0) is 12.1. The van der Waals surface area contributed by atoms with Crippen molar-refractivity contribution in [3.63, 3.8) is 0 Å². The van der Waals surface area contributed by atoms with Crippen molar-refractivity contribution in [3.05, 3.63) is 64.9 Å². The first kappa shape index (κ1) is 14.9. The molecule has 2 rings (SSSR count). The number of benzene rings is 1. The van der Waals surface area contributed by atoms with Gasteiger partial charge < -0.3 is 5.73 Å². The lowest BCUT2D eigenvalue weighted by Gasteiger charge is -2.01. The summed E-state index contributed by atoms with van der Waals surface area (Å²) >= 11 is 5.80. The van der Waals surface area contributed by atoms with Gasteiger partial charge in [0, 0.05) is 23.0 Å². The van der Waals surface area contributed by atoms with E-state index in [1.807, 2.05) is 24.3 Å². The van der Waals surface area contributed by atoms with Gasteiger partial charge in [0.25, 0.3) is 0 Å². The summed E-state index contributed by atoms with van der Waals surface area (Å²) in [5.74, 6) is 0.512. The number of nitrogens with two attached hydrogens (primary N) is 1. The molecule has 0 fully saturated rings. The van der Waals surface area contributed by atoms with Crippen LogP contribution in [0.5, 0.6) is 0 Å². The van der Waals surface area contributed by atoms with Crippen LogP contribution in [0.4, 0.5) is 0 Å². The first-order chi connectivity index (χ1) is 8.25. The molecule has 0 aliphatic carbocycles. The van der Waals surface area contributed by atoms with Gasteiger partial charge in [-0.1, -0.05) is 11.6 Å². The Morgan fingerprint density at radius 3 is 2.33 bits per heavy atom. The van der Waals surface area contributed by atoms with Gasteiger partial charge in [-0.05, 0) is 42.0 Å². The lowest BCUT2D eigenvalue weighted by Crippen LogP contribution is -2.13. The smallest absolute Gasteiger partial charge is 0.125 e. The minimum Gasteiger partial charge on any atom is -0.383 e. The van der Waals surface area contributed by atoms with E-state index >= 15 is 0 Å². The van der Waals surface area contributed by atoms with Gasteiger partial charge in [0.05, 0.1) is 6.54 Å². The first-order valence-electron chi connectivity index (χ1n) is 5.20. The molecule has 3 nitrogen and oxygen atoms in total. The van der Waals surface area contributed by atoms with Crippen LogP contribution in [0.25, 0.3) is 0 Å². The maximum Gasteiger partial charge on any atom is 0.125 e. The highest BCUT2D eigenvalue weighted by Gasteiger charge is 1.98. The Kier molecular flexibility index (Phi) is 6.07. The normalized spacial score (nSPS) is 10.8. The summed E-state index contributed by atoms with van der Waals surface area (Å²) < 4.78 is 0. The van der Waals surface area contributed by atoms with Crippen molar-refractivity contribution < 1.29 is 0 Å². The summed E-state index contributed by atoms with van der Waals surface area (Å²) in [6.07, 6.45) is 3.48. The predicted octanol–water partition coefficient (Wildman–Crippen LogP) is 3.26. The van der Waals surface area contributed by atoms with Crippen molar-refractivity contribution in [3.8, 4) is 0 Å². The Hall–Kier alpha value is -1.14. The van der Waals surface area contributed by atoms with Gasteiger partial charge >= 0.3 is 0 Å². The molecule has 0 saturated carbocycles. The summed E-state index contributed by atoms with van der Waals surface area (Å²) in [5.41, 5.74) is 7.84. The van der Waals surface area contributed by atoms with Crippen molar-refractivity contribution in [2.24, 2.45) is 10.7 Å². The van der Waals surface area contributed by atoms with E-state index < -0.39 is 0 Å². The predicted molar refractivity (Wildman–Crippen MR) is 85.5 cm³/mol. The van der Waals surface area contributed by atoms with Gasteiger partial charge in [0.1, 0.15) is 5.84 Å². The number of rotatable bonds is 3. The molecule has 0 atom stereocenters. The molecule has 0 radical (unpaired) electrons. The fourth-order valence-corrected chi connectivity index (χ4v) is 1.50. The molecule has 1 heterocycles. The molecule has 0 aliphatic heterocycles. The fraction of sp³-hybridized carbons (Fsp3) is 0.0769. The SMILES string of the molecule is I.NC(=NCc1ccncc1)c1ccc(Cl)cc1. The quantitative estimate of drug-likeness (QED) is 0.510. The molecule has 1 aromatic heterocycles. The number of amidine groups is 1. The van der Waals surface area contributed by atoms with Gasteiger partial charge in [0.2, 0.25) is 0 Å². The Labute approximate surface area is 128 Å². The Morgan fingerprint density at radius 1 is 1.11 bits per heavy atom. The molecule has 94 valence electrons. The number of hydrogen-bond acceptors (Lipinski definition) is 2. The minimum absolute atomic E-state index is 0. The topological polar surface area (TPSA) is 51.3 Å². The Morgan fingerprint density at radius 2 is 1.72 bits per heavy atom. The second-order valence-corrected chi connectivity index (χ2v) is 4.00. The van der Waals surface area contributed by atoms with E-state index in [0.29, 0.717) is 17.4 Å². The average molecular weight is 374 g/mol. The standard InChI is InChI=1S/C13H12ClN3.HI/c14-12-3-1-11(2-4-12)13(15)17-9-10-5-7-16-8-6-10;/h1-8H,9H2,(H2,15,17);1H. The highest BCUT2D eigenvalue weighted by molar-refractivity contribution is 14.0. The minimum atomic E-state index is 0. The van der Waals surface area contributed by atoms with Gasteiger partial charge in [-0.25, -0.2) is 0 Å². The monoisotopic (exact) mass is 373 g/mol. The van der Waals surface area contributed by atoms with E-state index in [9.17, 15) is 0 Å². The van der Waals surface area contributed by atoms with E-state index in [0.717, 1.165) is 11.1 Å². The molecule has 2 N–H and O–H groups in total. The Bertz CT molecular complexity index is 512. The molecule has 18 heavy (non-hydrogen) atoms. The number of hydrogen-bond donors (Lipinski definition) is 1. The molecule has 0 unspecified atom stereocenters. The maximum absolute atomic E-state index is 5.88. The molecule has 0 bridgehead atoms. The number of aromatic nitrogens is 1. The van der Waals surface area contributed by atoms with Crippen LogP contribution < -0.4 is 5.73 Å². The summed E-state index contributed by atoms with van der Waals surface area (Å²) in [6, 6.07) is 11.1. The van der Waals surface area contributed by atoms with Crippen LogP contribution >= 0.6 is 35.6 Å². The van der Waals surface area contributed by atoms with Gasteiger partial charge in [-0.3, -0.25) is 9.98 Å². The molecule has 0 spiro atoms. The van der Waals surface area contributed by atoms with Crippen LogP contribution in [-0.4, -0.2) is 10.8 Å². The van der Waals surface area contributed by atoms with E-state index in [1.54, 1.807) is 24.5 Å². The summed E-state index contributed by atoms with van der Waals surface area (Å²) in [4.78, 5) is 8.26. The largest absolute Gasteiger partial charge is 0.383 e. The fourth-order valence-electron chi connectivity index (χ4n) is 1.38. The van der Waals surface area contributed by atoms with Crippen molar-refractivity contribution >= 4 is 41.4 Å². The molecule has 1 aromatic carbocycles. The second kappa shape index (κ2) is 7.33. The molecule has 0 amide bonds. The molecule has 0 aliphatic rings. The van der Waals surface area contributed by atoms with Crippen molar-refractivity contribution in [1.82, 2.24) is 4.98 Å². The van der Waals surface area contributed by atoms with E-state index in [1.165, 1.54) is 0 Å². The summed E-state index contributed by atoms with van der Waals surface area (Å²) in [5, 5.41) is 0.690. The van der Waals surface area contributed by atoms with Gasteiger partial charge in [-0.15, -0.1) is 24.0 Å². The van der Waals surface area contributed by atoms with Crippen molar-refractivity contribution in [2.45, 2.75) is 6.54 Å². The van der Waals surface area contributed by atoms with Crippen LogP contribution in [0.2, 0.25) is 5.02 Å². The second-order valence-electron chi connectivity index (χ2n) is 3.56. The zero-order valence-corrected chi connectivity index (χ0v) is 12.7. The lowest BCUT2D eigenvalue weighted by molar-refractivity contribution is 1.05. The van der Waals surface area contributed by atoms with Crippen LogP contribution in [0.3, 0.4) is 0 Å². The number of aliphatic imine (C=N–C) groups is 1. The molecule has 5 heteroatoms. The van der Waals surface area contributed by atoms with Crippen molar-refractivity contribution in [1.29, 1.82) is 0 Å². The van der Waals surface area contributed by atoms with Crippen molar-refractivity contribution in [2.75, 3.05) is 0 Å². The van der Waals surface area contributed by atoms with Crippen LogP contribution in [-0.2, 0) is 6.54 Å². The summed E-state index contributed by atoms with van der Waals surface area (Å²) in [7, 11) is 0. The van der Waals surface area contributed by atoms with E-state index in [2.05, 4.69) is 9.98 Å². The zero-order valence-electron chi connectivity index (χ0n) is 9.58. The lowest BCUT2D eigenvalue weighted by atomic mass is 10.2. The molecular formula is C13H13ClIN3. The Balaban J connectivity index is 0.00000162. The van der Waals surface area contributed by atoms with Gasteiger partial charge in [-0.2, -0.15) is 0 Å². The number of nitrogens with zero attached hydrogens (tertiary/aromatic N) is 2. The van der Waals surface area contributed by atoms with Crippen LogP contribution in [0, 0.1) is 0 Å². The third-order valence-electron chi connectivity index (χ3n) is 2.32. The number of halogens is 2. The first-order valence-corrected chi connectivity index (χ1v) is 5.58. The maximum atomic E-state index is 5.88. The molecule has 0 saturated heterocycles. The van der Waals surface area contributed by atoms with E-state index in [4.69, 9.17) is 17.3 Å². The van der Waals surface area contributed by atoms with E-state index in [-0.39, 0.29) is 24.0 Å². The average Bonchev–Trinajstić information content (AvgIpc) is 2.38.